The second-order valence-corrected chi connectivity index (χ2v) is 5.73. The number of hydrogen-bond acceptors (Lipinski definition) is 1. The molecular weight excluding hydrogens is 244 g/mol. The third-order valence-electron chi connectivity index (χ3n) is 4.26. The van der Waals surface area contributed by atoms with Crippen LogP contribution in [0, 0.1) is 17.0 Å². The van der Waals surface area contributed by atoms with Gasteiger partial charge in [0.25, 0.3) is 0 Å². The van der Waals surface area contributed by atoms with Gasteiger partial charge >= 0.3 is 0 Å². The van der Waals surface area contributed by atoms with Crippen molar-refractivity contribution in [1.82, 2.24) is 5.32 Å². The SMILES string of the molecule is CCNCC1(Cc2cccc(F)c2F)CCCCC1. The lowest BCUT2D eigenvalue weighted by atomic mass is 9.70. The predicted octanol–water partition coefficient (Wildman–Crippen LogP) is 4.07. The molecule has 106 valence electrons. The third kappa shape index (κ3) is 3.53. The Morgan fingerprint density at radius 3 is 2.58 bits per heavy atom. The van der Waals surface area contributed by atoms with Crippen molar-refractivity contribution in [3.8, 4) is 0 Å². The van der Waals surface area contributed by atoms with Gasteiger partial charge in [0.05, 0.1) is 0 Å². The Balaban J connectivity index is 2.17. The summed E-state index contributed by atoms with van der Waals surface area (Å²) in [6, 6.07) is 4.52. The molecule has 19 heavy (non-hydrogen) atoms. The first-order valence-corrected chi connectivity index (χ1v) is 7.30. The Bertz CT molecular complexity index is 411. The van der Waals surface area contributed by atoms with E-state index in [4.69, 9.17) is 0 Å². The molecule has 2 rings (SSSR count). The lowest BCUT2D eigenvalue weighted by Gasteiger charge is -2.38. The predicted molar refractivity (Wildman–Crippen MR) is 74.1 cm³/mol. The topological polar surface area (TPSA) is 12.0 Å². The van der Waals surface area contributed by atoms with E-state index < -0.39 is 11.6 Å². The molecule has 0 heterocycles. The Labute approximate surface area is 114 Å². The summed E-state index contributed by atoms with van der Waals surface area (Å²) in [6.45, 7) is 3.91. The molecule has 0 amide bonds. The van der Waals surface area contributed by atoms with E-state index in [9.17, 15) is 8.78 Å². The van der Waals surface area contributed by atoms with Crippen molar-refractivity contribution in [2.45, 2.75) is 45.4 Å². The van der Waals surface area contributed by atoms with Crippen LogP contribution >= 0.6 is 0 Å². The fourth-order valence-corrected chi connectivity index (χ4v) is 3.20. The van der Waals surface area contributed by atoms with Gasteiger partial charge in [-0.2, -0.15) is 0 Å². The van der Waals surface area contributed by atoms with Crippen LogP contribution in [0.25, 0.3) is 0 Å². The van der Waals surface area contributed by atoms with E-state index in [1.807, 2.05) is 0 Å². The van der Waals surface area contributed by atoms with Gasteiger partial charge in [0.2, 0.25) is 0 Å². The highest BCUT2D eigenvalue weighted by Gasteiger charge is 2.32. The Morgan fingerprint density at radius 2 is 1.89 bits per heavy atom. The van der Waals surface area contributed by atoms with E-state index in [0.29, 0.717) is 12.0 Å². The van der Waals surface area contributed by atoms with Crippen LogP contribution in [0.3, 0.4) is 0 Å². The van der Waals surface area contributed by atoms with Crippen LogP contribution in [-0.4, -0.2) is 13.1 Å². The average molecular weight is 267 g/mol. The highest BCUT2D eigenvalue weighted by atomic mass is 19.2. The van der Waals surface area contributed by atoms with Crippen LogP contribution in [0.2, 0.25) is 0 Å². The van der Waals surface area contributed by atoms with Crippen molar-refractivity contribution in [3.63, 3.8) is 0 Å². The highest BCUT2D eigenvalue weighted by Crippen LogP contribution is 2.39. The summed E-state index contributed by atoms with van der Waals surface area (Å²) in [7, 11) is 0. The maximum atomic E-state index is 13.9. The van der Waals surface area contributed by atoms with E-state index in [-0.39, 0.29) is 5.41 Å². The molecule has 0 unspecified atom stereocenters. The summed E-state index contributed by atoms with van der Waals surface area (Å²) < 4.78 is 27.2. The van der Waals surface area contributed by atoms with E-state index in [1.54, 1.807) is 12.1 Å². The minimum absolute atomic E-state index is 0.100. The standard InChI is InChI=1S/C16H23F2N/c1-2-19-12-16(9-4-3-5-10-16)11-13-7-6-8-14(17)15(13)18/h6-8,19H,2-5,9-12H2,1H3. The number of nitrogens with one attached hydrogen (secondary N) is 1. The molecule has 1 nitrogen and oxygen atoms in total. The first kappa shape index (κ1) is 14.4. The van der Waals surface area contributed by atoms with Crippen LogP contribution in [0.15, 0.2) is 18.2 Å². The second kappa shape index (κ2) is 6.47. The summed E-state index contributed by atoms with van der Waals surface area (Å²) in [4.78, 5) is 0. The first-order chi connectivity index (χ1) is 9.17. The first-order valence-electron chi connectivity index (χ1n) is 7.30. The second-order valence-electron chi connectivity index (χ2n) is 5.73. The molecule has 0 saturated heterocycles. The van der Waals surface area contributed by atoms with E-state index in [1.165, 1.54) is 25.3 Å². The smallest absolute Gasteiger partial charge is 0.162 e. The zero-order chi connectivity index (χ0) is 13.7. The fraction of sp³-hybridized carbons (Fsp3) is 0.625. The lowest BCUT2D eigenvalue weighted by Crippen LogP contribution is -2.38. The molecule has 0 bridgehead atoms. The van der Waals surface area contributed by atoms with Gasteiger partial charge in [0.1, 0.15) is 0 Å². The van der Waals surface area contributed by atoms with Gasteiger partial charge in [-0.25, -0.2) is 8.78 Å². The summed E-state index contributed by atoms with van der Waals surface area (Å²) in [6.07, 6.45) is 6.51. The molecule has 0 aromatic heterocycles. The van der Waals surface area contributed by atoms with Gasteiger partial charge < -0.3 is 5.32 Å². The normalized spacial score (nSPS) is 18.5. The summed E-state index contributed by atoms with van der Waals surface area (Å²) in [5.74, 6) is -1.39. The van der Waals surface area contributed by atoms with Crippen molar-refractivity contribution in [2.75, 3.05) is 13.1 Å². The van der Waals surface area contributed by atoms with Crippen molar-refractivity contribution in [2.24, 2.45) is 5.41 Å². The number of halogens is 2. The quantitative estimate of drug-likeness (QED) is 0.848. The fourth-order valence-electron chi connectivity index (χ4n) is 3.20. The molecule has 1 fully saturated rings. The molecule has 1 N–H and O–H groups in total. The minimum atomic E-state index is -0.730. The largest absolute Gasteiger partial charge is 0.316 e. The highest BCUT2D eigenvalue weighted by molar-refractivity contribution is 5.21. The van der Waals surface area contributed by atoms with Gasteiger partial charge in [0.15, 0.2) is 11.6 Å². The molecule has 1 aromatic rings. The lowest BCUT2D eigenvalue weighted by molar-refractivity contribution is 0.180. The molecule has 1 saturated carbocycles. The van der Waals surface area contributed by atoms with E-state index in [2.05, 4.69) is 12.2 Å². The average Bonchev–Trinajstić information content (AvgIpc) is 2.43. The van der Waals surface area contributed by atoms with Gasteiger partial charge in [-0.15, -0.1) is 0 Å². The molecule has 0 radical (unpaired) electrons. The van der Waals surface area contributed by atoms with Crippen LogP contribution in [-0.2, 0) is 6.42 Å². The van der Waals surface area contributed by atoms with Crippen molar-refractivity contribution >= 4 is 0 Å². The van der Waals surface area contributed by atoms with Gasteiger partial charge in [-0.1, -0.05) is 38.3 Å². The molecule has 0 aliphatic heterocycles. The van der Waals surface area contributed by atoms with Crippen molar-refractivity contribution in [3.05, 3.63) is 35.4 Å². The molecule has 3 heteroatoms. The Kier molecular flexibility index (Phi) is 4.92. The molecule has 1 aliphatic rings. The maximum Gasteiger partial charge on any atom is 0.162 e. The molecular formula is C16H23F2N. The van der Waals surface area contributed by atoms with Crippen LogP contribution in [0.5, 0.6) is 0 Å². The van der Waals surface area contributed by atoms with E-state index in [0.717, 1.165) is 25.9 Å². The van der Waals surface area contributed by atoms with Gasteiger partial charge in [-0.3, -0.25) is 0 Å². The zero-order valence-electron chi connectivity index (χ0n) is 11.6. The monoisotopic (exact) mass is 267 g/mol. The third-order valence-corrected chi connectivity index (χ3v) is 4.26. The van der Waals surface area contributed by atoms with Gasteiger partial charge in [-0.05, 0) is 42.9 Å². The minimum Gasteiger partial charge on any atom is -0.316 e. The van der Waals surface area contributed by atoms with Crippen molar-refractivity contribution < 1.29 is 8.78 Å². The molecule has 0 spiro atoms. The number of hydrogen-bond donors (Lipinski definition) is 1. The molecule has 1 aromatic carbocycles. The Hall–Kier alpha value is -0.960. The van der Waals surface area contributed by atoms with Crippen LogP contribution in [0.1, 0.15) is 44.6 Å². The molecule has 0 atom stereocenters. The van der Waals surface area contributed by atoms with E-state index >= 15 is 0 Å². The number of benzene rings is 1. The summed E-state index contributed by atoms with van der Waals surface area (Å²) in [5.41, 5.74) is 0.628. The number of rotatable bonds is 5. The van der Waals surface area contributed by atoms with Crippen LogP contribution in [0.4, 0.5) is 8.78 Å². The summed E-state index contributed by atoms with van der Waals surface area (Å²) in [5, 5.41) is 3.40. The Morgan fingerprint density at radius 1 is 1.16 bits per heavy atom. The van der Waals surface area contributed by atoms with Crippen LogP contribution < -0.4 is 5.32 Å². The van der Waals surface area contributed by atoms with Crippen molar-refractivity contribution in [1.29, 1.82) is 0 Å². The molecule has 1 aliphatic carbocycles. The zero-order valence-corrected chi connectivity index (χ0v) is 11.6. The van der Waals surface area contributed by atoms with Gasteiger partial charge in [0, 0.05) is 6.54 Å². The summed E-state index contributed by atoms with van der Waals surface area (Å²) >= 11 is 0. The maximum absolute atomic E-state index is 13.9.